The molecule has 0 N–H and O–H groups in total. The molecule has 3 aromatic rings. The van der Waals surface area contributed by atoms with Gasteiger partial charge in [0.2, 0.25) is 10.0 Å². The zero-order chi connectivity index (χ0) is 25.0. The molecule has 0 atom stereocenters. The average Bonchev–Trinajstić information content (AvgIpc) is 3.08. The van der Waals surface area contributed by atoms with Crippen molar-refractivity contribution in [2.45, 2.75) is 55.1 Å². The summed E-state index contributed by atoms with van der Waals surface area (Å²) in [5.41, 5.74) is 3.51. The molecule has 0 radical (unpaired) electrons. The zero-order valence-corrected chi connectivity index (χ0v) is 22.6. The van der Waals surface area contributed by atoms with Gasteiger partial charge in [0.15, 0.2) is 11.0 Å². The van der Waals surface area contributed by atoms with Gasteiger partial charge in [-0.2, -0.15) is 4.31 Å². The van der Waals surface area contributed by atoms with Crippen LogP contribution in [0.2, 0.25) is 0 Å². The molecule has 2 aliphatic rings. The van der Waals surface area contributed by atoms with E-state index in [9.17, 15) is 8.42 Å². The van der Waals surface area contributed by atoms with Crippen molar-refractivity contribution in [3.8, 4) is 11.4 Å². The van der Waals surface area contributed by atoms with Crippen LogP contribution in [0.4, 0.5) is 0 Å². The highest BCUT2D eigenvalue weighted by Crippen LogP contribution is 2.27. The van der Waals surface area contributed by atoms with Crippen LogP contribution >= 0.6 is 11.8 Å². The van der Waals surface area contributed by atoms with Crippen LogP contribution < -0.4 is 0 Å². The van der Waals surface area contributed by atoms with E-state index in [4.69, 9.17) is 0 Å². The van der Waals surface area contributed by atoms with E-state index in [0.717, 1.165) is 86.0 Å². The summed E-state index contributed by atoms with van der Waals surface area (Å²) < 4.78 is 30.3. The molecule has 2 aromatic carbocycles. The molecule has 9 heteroatoms. The van der Waals surface area contributed by atoms with Gasteiger partial charge in [0, 0.05) is 44.5 Å². The Morgan fingerprint density at radius 1 is 0.917 bits per heavy atom. The molecule has 3 heterocycles. The summed E-state index contributed by atoms with van der Waals surface area (Å²) in [5, 5.41) is 9.69. The van der Waals surface area contributed by atoms with Crippen molar-refractivity contribution in [1.29, 1.82) is 0 Å². The number of hydrogen-bond acceptors (Lipinski definition) is 6. The second kappa shape index (κ2) is 11.5. The van der Waals surface area contributed by atoms with E-state index in [2.05, 4.69) is 31.8 Å². The third kappa shape index (κ3) is 5.69. The highest BCUT2D eigenvalue weighted by atomic mass is 32.2. The molecule has 1 aromatic heterocycles. The fraction of sp³-hybridized carbons (Fsp3) is 0.481. The van der Waals surface area contributed by atoms with Crippen molar-refractivity contribution in [1.82, 2.24) is 24.0 Å². The molecule has 36 heavy (non-hydrogen) atoms. The van der Waals surface area contributed by atoms with Crippen LogP contribution in [-0.4, -0.2) is 64.3 Å². The minimum atomic E-state index is -3.41. The average molecular weight is 526 g/mol. The van der Waals surface area contributed by atoms with Gasteiger partial charge in [-0.05, 0) is 55.5 Å². The van der Waals surface area contributed by atoms with Gasteiger partial charge < -0.3 is 4.57 Å². The van der Waals surface area contributed by atoms with Gasteiger partial charge in [-0.25, -0.2) is 8.42 Å². The zero-order valence-electron chi connectivity index (χ0n) is 21.0. The number of sulfonamides is 1. The van der Waals surface area contributed by atoms with Crippen LogP contribution in [0.5, 0.6) is 0 Å². The molecule has 0 aliphatic carbocycles. The lowest BCUT2D eigenvalue weighted by atomic mass is 10.00. The second-order valence-electron chi connectivity index (χ2n) is 9.71. The van der Waals surface area contributed by atoms with E-state index in [-0.39, 0.29) is 0 Å². The summed E-state index contributed by atoms with van der Waals surface area (Å²) in [6, 6.07) is 15.9. The van der Waals surface area contributed by atoms with Crippen LogP contribution in [0.15, 0.2) is 58.6 Å². The molecule has 0 unspecified atom stereocenters. The molecule has 0 bridgehead atoms. The topological polar surface area (TPSA) is 71.3 Å². The van der Waals surface area contributed by atoms with E-state index < -0.39 is 10.0 Å². The van der Waals surface area contributed by atoms with Gasteiger partial charge in [0.1, 0.15) is 0 Å². The van der Waals surface area contributed by atoms with E-state index >= 15 is 0 Å². The van der Waals surface area contributed by atoms with Gasteiger partial charge in [-0.1, -0.05) is 61.0 Å². The third-order valence-electron chi connectivity index (χ3n) is 7.19. The molecule has 7 nitrogen and oxygen atoms in total. The minimum absolute atomic E-state index is 0.456. The minimum Gasteiger partial charge on any atom is -0.305 e. The van der Waals surface area contributed by atoms with Crippen molar-refractivity contribution in [3.05, 3.63) is 59.7 Å². The summed E-state index contributed by atoms with van der Waals surface area (Å²) >= 11 is 1.74. The van der Waals surface area contributed by atoms with Crippen molar-refractivity contribution in [2.75, 3.05) is 31.9 Å². The Morgan fingerprint density at radius 2 is 1.69 bits per heavy atom. The Bertz CT molecular complexity index is 1270. The molecule has 0 spiro atoms. The van der Waals surface area contributed by atoms with Gasteiger partial charge in [0.05, 0.1) is 4.90 Å². The van der Waals surface area contributed by atoms with Gasteiger partial charge >= 0.3 is 0 Å². The van der Waals surface area contributed by atoms with Crippen molar-refractivity contribution < 1.29 is 8.42 Å². The predicted molar refractivity (Wildman–Crippen MR) is 144 cm³/mol. The lowest BCUT2D eigenvalue weighted by Gasteiger charge is -2.29. The number of thioether (sulfide) groups is 1. The molecule has 1 fully saturated rings. The maximum Gasteiger partial charge on any atom is 0.243 e. The summed E-state index contributed by atoms with van der Waals surface area (Å²) in [7, 11) is -1.40. The van der Waals surface area contributed by atoms with Gasteiger partial charge in [-0.3, -0.25) is 4.90 Å². The number of benzene rings is 2. The molecule has 0 amide bonds. The van der Waals surface area contributed by atoms with E-state index in [0.29, 0.717) is 18.0 Å². The Kier molecular flexibility index (Phi) is 8.10. The number of rotatable bonds is 8. The SMILES string of the molecule is Cn1c(SCCCN2CCc3ccc(S(=O)(=O)N4CCCCCC4)cc3C2)nnc1-c1ccccc1. The second-order valence-corrected chi connectivity index (χ2v) is 12.7. The quantitative estimate of drug-likeness (QED) is 0.317. The Morgan fingerprint density at radius 3 is 2.47 bits per heavy atom. The third-order valence-corrected chi connectivity index (χ3v) is 10.2. The number of nitrogens with zero attached hydrogens (tertiary/aromatic N) is 5. The largest absolute Gasteiger partial charge is 0.305 e. The van der Waals surface area contributed by atoms with Crippen LogP contribution in [-0.2, 0) is 30.0 Å². The highest BCUT2D eigenvalue weighted by molar-refractivity contribution is 7.99. The van der Waals surface area contributed by atoms with Crippen LogP contribution in [0.25, 0.3) is 11.4 Å². The molecule has 5 rings (SSSR count). The van der Waals surface area contributed by atoms with Crippen molar-refractivity contribution in [3.63, 3.8) is 0 Å². The molecule has 0 saturated carbocycles. The Labute approximate surface area is 219 Å². The predicted octanol–water partition coefficient (Wildman–Crippen LogP) is 4.59. The van der Waals surface area contributed by atoms with Crippen molar-refractivity contribution in [2.24, 2.45) is 7.05 Å². The molecule has 1 saturated heterocycles. The van der Waals surface area contributed by atoms with E-state index in [1.165, 1.54) is 5.56 Å². The van der Waals surface area contributed by atoms with Crippen molar-refractivity contribution >= 4 is 21.8 Å². The molecular weight excluding hydrogens is 490 g/mol. The lowest BCUT2D eigenvalue weighted by molar-refractivity contribution is 0.255. The Balaban J connectivity index is 1.16. The summed E-state index contributed by atoms with van der Waals surface area (Å²) in [4.78, 5) is 2.90. The first-order chi connectivity index (χ1) is 17.5. The molecular formula is C27H35N5O2S2. The standard InChI is InChI=1S/C27H35N5O2S2/c1-30-26(23-10-5-4-6-11-23)28-29-27(30)35-19-9-15-31-18-14-22-12-13-25(20-24(22)21-31)36(33,34)32-16-7-2-3-8-17-32/h4-6,10-13,20H,2-3,7-9,14-19,21H2,1H3. The lowest BCUT2D eigenvalue weighted by Crippen LogP contribution is -2.33. The maximum absolute atomic E-state index is 13.3. The summed E-state index contributed by atoms with van der Waals surface area (Å²) in [6.07, 6.45) is 6.16. The first-order valence-electron chi connectivity index (χ1n) is 12.9. The monoisotopic (exact) mass is 525 g/mol. The molecule has 2 aliphatic heterocycles. The normalized spacial score (nSPS) is 17.6. The van der Waals surface area contributed by atoms with Crippen LogP contribution in [0.1, 0.15) is 43.2 Å². The van der Waals surface area contributed by atoms with Crippen LogP contribution in [0, 0.1) is 0 Å². The Hall–Kier alpha value is -2.20. The van der Waals surface area contributed by atoms with E-state index in [1.54, 1.807) is 16.1 Å². The molecule has 192 valence electrons. The summed E-state index contributed by atoms with van der Waals surface area (Å²) in [6.45, 7) is 4.09. The fourth-order valence-electron chi connectivity index (χ4n) is 5.11. The van der Waals surface area contributed by atoms with E-state index in [1.807, 2.05) is 43.4 Å². The van der Waals surface area contributed by atoms with Gasteiger partial charge in [0.25, 0.3) is 0 Å². The fourth-order valence-corrected chi connectivity index (χ4v) is 7.51. The first-order valence-corrected chi connectivity index (χ1v) is 15.4. The van der Waals surface area contributed by atoms with Gasteiger partial charge in [-0.15, -0.1) is 10.2 Å². The summed E-state index contributed by atoms with van der Waals surface area (Å²) in [5.74, 6) is 1.85. The first kappa shape index (κ1) is 25.4. The maximum atomic E-state index is 13.3. The van der Waals surface area contributed by atoms with Crippen LogP contribution in [0.3, 0.4) is 0 Å². The number of hydrogen-bond donors (Lipinski definition) is 0. The number of aromatic nitrogens is 3. The highest BCUT2D eigenvalue weighted by Gasteiger charge is 2.27. The number of fused-ring (bicyclic) bond motifs is 1. The smallest absolute Gasteiger partial charge is 0.243 e.